The number of carbonyl (C=O) groups excluding carboxylic acids is 1. The lowest BCUT2D eigenvalue weighted by atomic mass is 9.93. The van der Waals surface area contributed by atoms with Crippen molar-refractivity contribution in [3.63, 3.8) is 0 Å². The molecule has 29 heavy (non-hydrogen) atoms. The minimum absolute atomic E-state index is 0.151. The van der Waals surface area contributed by atoms with Crippen molar-refractivity contribution in [2.24, 2.45) is 10.9 Å². The number of benzene rings is 2. The van der Waals surface area contributed by atoms with Crippen LogP contribution in [0, 0.1) is 5.92 Å². The SMILES string of the molecule is Bc1ccc2cc(/C(=C/N=C)NC3C[C@H](C)CN3C(=O)OC(C)(C)C)ccc2c1. The molecule has 0 radical (unpaired) electrons. The normalized spacial score (nSPS) is 20.0. The van der Waals surface area contributed by atoms with Crippen LogP contribution >= 0.6 is 0 Å². The van der Waals surface area contributed by atoms with Crippen molar-refractivity contribution in [3.8, 4) is 0 Å². The van der Waals surface area contributed by atoms with Crippen LogP contribution in [0.5, 0.6) is 0 Å². The Bertz CT molecular complexity index is 949. The number of hydrogen-bond acceptors (Lipinski definition) is 4. The average molecular weight is 391 g/mol. The first-order valence-electron chi connectivity index (χ1n) is 10.1. The number of aliphatic imine (C=N–C) groups is 1. The lowest BCUT2D eigenvalue weighted by Gasteiger charge is -2.30. The molecular formula is C23H30BN3O2. The van der Waals surface area contributed by atoms with Crippen molar-refractivity contribution < 1.29 is 9.53 Å². The van der Waals surface area contributed by atoms with E-state index in [0.717, 1.165) is 23.1 Å². The van der Waals surface area contributed by atoms with E-state index in [-0.39, 0.29) is 12.3 Å². The van der Waals surface area contributed by atoms with Crippen LogP contribution in [0.15, 0.2) is 47.6 Å². The van der Waals surface area contributed by atoms with Crippen LogP contribution in [0.25, 0.3) is 16.5 Å². The van der Waals surface area contributed by atoms with Gasteiger partial charge >= 0.3 is 6.09 Å². The highest BCUT2D eigenvalue weighted by atomic mass is 16.6. The van der Waals surface area contributed by atoms with Crippen LogP contribution in [-0.4, -0.2) is 43.9 Å². The van der Waals surface area contributed by atoms with E-state index in [4.69, 9.17) is 4.74 Å². The molecule has 1 saturated heterocycles. The summed E-state index contributed by atoms with van der Waals surface area (Å²) in [4.78, 5) is 18.5. The monoisotopic (exact) mass is 391 g/mol. The standard InChI is InChI=1S/C23H30BN3O2/c1-15-10-21(27(14-15)22(28)29-23(2,3)4)26-20(13-25-5)18-7-6-17-12-19(24)9-8-16(17)11-18/h6-9,11-13,15,21,26H,5,10,14,24H2,1-4H3/b20-13-/t15-,21?/m0/s1. The summed E-state index contributed by atoms with van der Waals surface area (Å²) in [5, 5.41) is 5.87. The van der Waals surface area contributed by atoms with Crippen molar-refractivity contribution in [3.05, 3.63) is 48.2 Å². The first-order chi connectivity index (χ1) is 13.7. The quantitative estimate of drug-likeness (QED) is 0.643. The number of rotatable bonds is 4. The van der Waals surface area contributed by atoms with Crippen LogP contribution < -0.4 is 10.8 Å². The molecule has 1 aliphatic heterocycles. The Morgan fingerprint density at radius 3 is 2.66 bits per heavy atom. The molecule has 3 rings (SSSR count). The Labute approximate surface area is 174 Å². The molecule has 152 valence electrons. The van der Waals surface area contributed by atoms with Gasteiger partial charge in [0.05, 0.1) is 5.70 Å². The van der Waals surface area contributed by atoms with Gasteiger partial charge in [0.1, 0.15) is 19.6 Å². The fourth-order valence-corrected chi connectivity index (χ4v) is 3.70. The minimum Gasteiger partial charge on any atom is -0.444 e. The Morgan fingerprint density at radius 2 is 1.97 bits per heavy atom. The number of nitrogens with one attached hydrogen (secondary N) is 1. The van der Waals surface area contributed by atoms with Crippen LogP contribution in [0.1, 0.15) is 39.7 Å². The van der Waals surface area contributed by atoms with Crippen molar-refractivity contribution in [2.75, 3.05) is 6.54 Å². The predicted octanol–water partition coefficient (Wildman–Crippen LogP) is 3.29. The van der Waals surface area contributed by atoms with E-state index in [1.165, 1.54) is 10.8 Å². The van der Waals surface area contributed by atoms with Gasteiger partial charge in [-0.1, -0.05) is 42.7 Å². The second-order valence-electron chi connectivity index (χ2n) is 8.92. The minimum atomic E-state index is -0.523. The van der Waals surface area contributed by atoms with Crippen LogP contribution in [0.2, 0.25) is 0 Å². The number of amides is 1. The largest absolute Gasteiger partial charge is 0.444 e. The third-order valence-electron chi connectivity index (χ3n) is 4.99. The second-order valence-corrected chi connectivity index (χ2v) is 8.92. The second kappa shape index (κ2) is 8.32. The first-order valence-corrected chi connectivity index (χ1v) is 10.1. The van der Waals surface area contributed by atoms with Gasteiger partial charge in [-0.05, 0) is 62.2 Å². The zero-order valence-electron chi connectivity index (χ0n) is 18.0. The van der Waals surface area contributed by atoms with E-state index in [9.17, 15) is 4.79 Å². The maximum Gasteiger partial charge on any atom is 0.411 e. The van der Waals surface area contributed by atoms with Gasteiger partial charge in [0.2, 0.25) is 0 Å². The van der Waals surface area contributed by atoms with Crippen molar-refractivity contribution in [1.29, 1.82) is 0 Å². The van der Waals surface area contributed by atoms with Gasteiger partial charge in [0.15, 0.2) is 0 Å². The third-order valence-corrected chi connectivity index (χ3v) is 4.99. The molecule has 5 nitrogen and oxygen atoms in total. The summed E-state index contributed by atoms with van der Waals surface area (Å²) in [5.74, 6) is 0.387. The number of hydrogen-bond donors (Lipinski definition) is 1. The van der Waals surface area contributed by atoms with Gasteiger partial charge in [-0.3, -0.25) is 9.89 Å². The molecule has 0 aliphatic carbocycles. The lowest BCUT2D eigenvalue weighted by Crippen LogP contribution is -2.46. The summed E-state index contributed by atoms with van der Waals surface area (Å²) in [6, 6.07) is 12.7. The molecule has 0 spiro atoms. The summed E-state index contributed by atoms with van der Waals surface area (Å²) >= 11 is 0. The Morgan fingerprint density at radius 1 is 1.28 bits per heavy atom. The van der Waals surface area contributed by atoms with Crippen LogP contribution in [-0.2, 0) is 4.74 Å². The molecule has 1 N–H and O–H groups in total. The van der Waals surface area contributed by atoms with E-state index in [0.29, 0.717) is 12.5 Å². The third kappa shape index (κ3) is 5.19. The number of carbonyl (C=O) groups is 1. The topological polar surface area (TPSA) is 53.9 Å². The van der Waals surface area contributed by atoms with E-state index in [2.05, 4.69) is 68.2 Å². The molecule has 2 aromatic rings. The molecule has 1 heterocycles. The van der Waals surface area contributed by atoms with E-state index >= 15 is 0 Å². The zero-order chi connectivity index (χ0) is 21.2. The summed E-state index contributed by atoms with van der Waals surface area (Å²) in [7, 11) is 2.09. The summed E-state index contributed by atoms with van der Waals surface area (Å²) in [6.45, 7) is 12.1. The number of fused-ring (bicyclic) bond motifs is 1. The molecule has 1 fully saturated rings. The van der Waals surface area contributed by atoms with Crippen molar-refractivity contribution in [1.82, 2.24) is 10.2 Å². The van der Waals surface area contributed by atoms with Gasteiger partial charge in [-0.15, -0.1) is 0 Å². The van der Waals surface area contributed by atoms with Gasteiger partial charge in [-0.2, -0.15) is 0 Å². The summed E-state index contributed by atoms with van der Waals surface area (Å²) in [6.07, 6.45) is 2.12. The highest BCUT2D eigenvalue weighted by Crippen LogP contribution is 2.27. The van der Waals surface area contributed by atoms with E-state index < -0.39 is 5.60 Å². The smallest absolute Gasteiger partial charge is 0.411 e. The van der Waals surface area contributed by atoms with Crippen molar-refractivity contribution in [2.45, 2.75) is 45.9 Å². The van der Waals surface area contributed by atoms with Crippen molar-refractivity contribution >= 4 is 42.6 Å². The van der Waals surface area contributed by atoms with Crippen LogP contribution in [0.4, 0.5) is 4.79 Å². The van der Waals surface area contributed by atoms with Gasteiger partial charge < -0.3 is 10.1 Å². The Balaban J connectivity index is 1.86. The van der Waals surface area contributed by atoms with E-state index in [1.54, 1.807) is 11.1 Å². The molecule has 1 unspecified atom stereocenters. The molecule has 0 bridgehead atoms. The zero-order valence-corrected chi connectivity index (χ0v) is 18.0. The molecule has 1 aliphatic rings. The molecule has 1 amide bonds. The number of likely N-dealkylation sites (tertiary alicyclic amines) is 1. The highest BCUT2D eigenvalue weighted by Gasteiger charge is 2.36. The molecular weight excluding hydrogens is 361 g/mol. The lowest BCUT2D eigenvalue weighted by molar-refractivity contribution is 0.0210. The maximum absolute atomic E-state index is 12.7. The molecule has 0 aromatic heterocycles. The van der Waals surface area contributed by atoms with Gasteiger partial charge in [-0.25, -0.2) is 4.79 Å². The van der Waals surface area contributed by atoms with Crippen LogP contribution in [0.3, 0.4) is 0 Å². The summed E-state index contributed by atoms with van der Waals surface area (Å²) in [5.41, 5.74) is 2.57. The predicted molar refractivity (Wildman–Crippen MR) is 123 cm³/mol. The highest BCUT2D eigenvalue weighted by molar-refractivity contribution is 6.33. The molecule has 2 aromatic carbocycles. The van der Waals surface area contributed by atoms with E-state index in [1.807, 2.05) is 20.8 Å². The number of nitrogens with zero attached hydrogens (tertiary/aromatic N) is 2. The first kappa shape index (κ1) is 21.0. The van der Waals surface area contributed by atoms with Gasteiger partial charge in [0, 0.05) is 12.7 Å². The average Bonchev–Trinajstić information content (AvgIpc) is 3.00. The Hall–Kier alpha value is -2.76. The molecule has 0 saturated carbocycles. The Kier molecular flexibility index (Phi) is 6.01. The maximum atomic E-state index is 12.7. The molecule has 2 atom stereocenters. The number of ether oxygens (including phenoxy) is 1. The fraction of sp³-hybridized carbons (Fsp3) is 0.391. The fourth-order valence-electron chi connectivity index (χ4n) is 3.70. The summed E-state index contributed by atoms with van der Waals surface area (Å²) < 4.78 is 5.61. The molecule has 6 heteroatoms. The van der Waals surface area contributed by atoms with Gasteiger partial charge in [0.25, 0.3) is 0 Å².